The van der Waals surface area contributed by atoms with Gasteiger partial charge in [0, 0.05) is 0 Å². The van der Waals surface area contributed by atoms with Gasteiger partial charge in [0.25, 0.3) is 0 Å². The van der Waals surface area contributed by atoms with Gasteiger partial charge in [0.2, 0.25) is 0 Å². The van der Waals surface area contributed by atoms with Crippen LogP contribution in [0.15, 0.2) is 0 Å². The number of ether oxygens (including phenoxy) is 1. The van der Waals surface area contributed by atoms with Gasteiger partial charge in [-0.1, -0.05) is 6.92 Å². The third kappa shape index (κ3) is 1.85. The molecule has 1 atom stereocenters. The van der Waals surface area contributed by atoms with Crippen molar-refractivity contribution >= 4 is 5.97 Å². The molecule has 1 saturated heterocycles. The lowest BCUT2D eigenvalue weighted by molar-refractivity contribution is -0.160. The standard InChI is InChI=1S/C10H17NO2/c1-7(8-5-11-6-8)10(12)13-9-3-2-4-9/h7-9,11H,2-6H2,1H3. The molecule has 0 spiro atoms. The first-order valence-corrected chi connectivity index (χ1v) is 5.18. The molecule has 0 aromatic carbocycles. The Balaban J connectivity index is 1.74. The zero-order valence-electron chi connectivity index (χ0n) is 8.08. The van der Waals surface area contributed by atoms with E-state index in [1.54, 1.807) is 0 Å². The number of esters is 1. The van der Waals surface area contributed by atoms with Crippen LogP contribution in [0.1, 0.15) is 26.2 Å². The SMILES string of the molecule is CC(C(=O)OC1CCC1)C1CNC1. The van der Waals surface area contributed by atoms with Crippen molar-refractivity contribution in [3.63, 3.8) is 0 Å². The summed E-state index contributed by atoms with van der Waals surface area (Å²) in [6.07, 6.45) is 3.60. The monoisotopic (exact) mass is 183 g/mol. The van der Waals surface area contributed by atoms with E-state index in [1.165, 1.54) is 6.42 Å². The number of carbonyl (C=O) groups is 1. The lowest BCUT2D eigenvalue weighted by Gasteiger charge is -2.33. The Kier molecular flexibility index (Phi) is 2.54. The van der Waals surface area contributed by atoms with E-state index in [1.807, 2.05) is 6.92 Å². The minimum atomic E-state index is 0.0104. The highest BCUT2D eigenvalue weighted by Gasteiger charge is 2.32. The van der Waals surface area contributed by atoms with Gasteiger partial charge < -0.3 is 10.1 Å². The van der Waals surface area contributed by atoms with Gasteiger partial charge in [0.15, 0.2) is 0 Å². The van der Waals surface area contributed by atoms with E-state index in [0.29, 0.717) is 5.92 Å². The fraction of sp³-hybridized carbons (Fsp3) is 0.900. The third-order valence-electron chi connectivity index (χ3n) is 3.23. The van der Waals surface area contributed by atoms with E-state index in [0.717, 1.165) is 25.9 Å². The molecule has 0 amide bonds. The maximum Gasteiger partial charge on any atom is 0.309 e. The summed E-state index contributed by atoms with van der Waals surface area (Å²) < 4.78 is 5.34. The lowest BCUT2D eigenvalue weighted by atomic mass is 9.88. The highest BCUT2D eigenvalue weighted by molar-refractivity contribution is 5.72. The van der Waals surface area contributed by atoms with Crippen LogP contribution in [0.5, 0.6) is 0 Å². The van der Waals surface area contributed by atoms with E-state index < -0.39 is 0 Å². The van der Waals surface area contributed by atoms with Crippen molar-refractivity contribution in [2.75, 3.05) is 13.1 Å². The number of rotatable bonds is 3. The summed E-state index contributed by atoms with van der Waals surface area (Å²) in [7, 11) is 0. The molecule has 2 fully saturated rings. The largest absolute Gasteiger partial charge is 0.462 e. The molecule has 1 aliphatic carbocycles. The lowest BCUT2D eigenvalue weighted by Crippen LogP contribution is -2.48. The molecule has 0 bridgehead atoms. The van der Waals surface area contributed by atoms with Crippen molar-refractivity contribution < 1.29 is 9.53 Å². The molecule has 1 heterocycles. The molecule has 13 heavy (non-hydrogen) atoms. The molecule has 1 saturated carbocycles. The van der Waals surface area contributed by atoms with Crippen LogP contribution in [-0.2, 0) is 9.53 Å². The van der Waals surface area contributed by atoms with Gasteiger partial charge >= 0.3 is 5.97 Å². The predicted molar refractivity (Wildman–Crippen MR) is 49.3 cm³/mol. The average molecular weight is 183 g/mol. The van der Waals surface area contributed by atoms with Gasteiger partial charge in [-0.2, -0.15) is 0 Å². The fourth-order valence-corrected chi connectivity index (χ4v) is 1.62. The van der Waals surface area contributed by atoms with Crippen LogP contribution in [0, 0.1) is 11.8 Å². The summed E-state index contributed by atoms with van der Waals surface area (Å²) in [6.45, 7) is 3.92. The summed E-state index contributed by atoms with van der Waals surface area (Å²) in [5, 5.41) is 3.17. The molecule has 3 nitrogen and oxygen atoms in total. The minimum absolute atomic E-state index is 0.0104. The highest BCUT2D eigenvalue weighted by Crippen LogP contribution is 2.25. The van der Waals surface area contributed by atoms with Crippen molar-refractivity contribution in [3.8, 4) is 0 Å². The van der Waals surface area contributed by atoms with Crippen LogP contribution >= 0.6 is 0 Å². The maximum absolute atomic E-state index is 11.5. The van der Waals surface area contributed by atoms with E-state index in [2.05, 4.69) is 5.32 Å². The Morgan fingerprint density at radius 2 is 2.15 bits per heavy atom. The molecule has 0 aromatic heterocycles. The number of nitrogens with one attached hydrogen (secondary N) is 1. The molecular formula is C10H17NO2. The smallest absolute Gasteiger partial charge is 0.309 e. The quantitative estimate of drug-likeness (QED) is 0.662. The minimum Gasteiger partial charge on any atom is -0.462 e. The highest BCUT2D eigenvalue weighted by atomic mass is 16.5. The fourth-order valence-electron chi connectivity index (χ4n) is 1.62. The van der Waals surface area contributed by atoms with Crippen molar-refractivity contribution in [2.24, 2.45) is 11.8 Å². The number of hydrogen-bond acceptors (Lipinski definition) is 3. The average Bonchev–Trinajstić information content (AvgIpc) is 1.92. The Morgan fingerprint density at radius 3 is 2.54 bits per heavy atom. The molecule has 3 heteroatoms. The van der Waals surface area contributed by atoms with Gasteiger partial charge in [0.05, 0.1) is 5.92 Å². The third-order valence-corrected chi connectivity index (χ3v) is 3.23. The zero-order chi connectivity index (χ0) is 9.26. The van der Waals surface area contributed by atoms with Gasteiger partial charge in [-0.3, -0.25) is 4.79 Å². The predicted octanol–water partition coefficient (Wildman–Crippen LogP) is 0.938. The van der Waals surface area contributed by atoms with Gasteiger partial charge in [-0.05, 0) is 38.3 Å². The van der Waals surface area contributed by atoms with Gasteiger partial charge in [-0.15, -0.1) is 0 Å². The maximum atomic E-state index is 11.5. The second kappa shape index (κ2) is 3.66. The Labute approximate surface area is 78.8 Å². The molecule has 2 aliphatic rings. The molecular weight excluding hydrogens is 166 g/mol. The molecule has 1 N–H and O–H groups in total. The van der Waals surface area contributed by atoms with Gasteiger partial charge in [0.1, 0.15) is 6.10 Å². The van der Waals surface area contributed by atoms with Crippen LogP contribution in [0.2, 0.25) is 0 Å². The molecule has 0 aromatic rings. The van der Waals surface area contributed by atoms with Crippen LogP contribution in [0.25, 0.3) is 0 Å². The Bertz CT molecular complexity index is 197. The summed E-state index contributed by atoms with van der Waals surface area (Å²) in [5.74, 6) is 0.602. The second-order valence-electron chi connectivity index (χ2n) is 4.20. The first-order chi connectivity index (χ1) is 6.27. The summed E-state index contributed by atoms with van der Waals surface area (Å²) in [6, 6.07) is 0. The zero-order valence-corrected chi connectivity index (χ0v) is 8.08. The number of carbonyl (C=O) groups excluding carboxylic acids is 1. The molecule has 2 rings (SSSR count). The second-order valence-corrected chi connectivity index (χ2v) is 4.20. The number of hydrogen-bond donors (Lipinski definition) is 1. The van der Waals surface area contributed by atoms with E-state index in [9.17, 15) is 4.79 Å². The molecule has 74 valence electrons. The van der Waals surface area contributed by atoms with E-state index in [-0.39, 0.29) is 18.0 Å². The van der Waals surface area contributed by atoms with Crippen LogP contribution < -0.4 is 5.32 Å². The molecule has 1 unspecified atom stereocenters. The topological polar surface area (TPSA) is 38.3 Å². The van der Waals surface area contributed by atoms with Crippen molar-refractivity contribution in [3.05, 3.63) is 0 Å². The van der Waals surface area contributed by atoms with Crippen LogP contribution in [0.3, 0.4) is 0 Å². The van der Waals surface area contributed by atoms with E-state index >= 15 is 0 Å². The summed E-state index contributed by atoms with van der Waals surface area (Å²) in [5.41, 5.74) is 0. The Morgan fingerprint density at radius 1 is 1.46 bits per heavy atom. The first kappa shape index (κ1) is 9.00. The normalized spacial score (nSPS) is 25.9. The van der Waals surface area contributed by atoms with Crippen molar-refractivity contribution in [2.45, 2.75) is 32.3 Å². The van der Waals surface area contributed by atoms with Crippen LogP contribution in [0.4, 0.5) is 0 Å². The summed E-state index contributed by atoms with van der Waals surface area (Å²) in [4.78, 5) is 11.5. The van der Waals surface area contributed by atoms with Gasteiger partial charge in [-0.25, -0.2) is 0 Å². The van der Waals surface area contributed by atoms with Crippen LogP contribution in [-0.4, -0.2) is 25.2 Å². The molecule has 0 radical (unpaired) electrons. The molecule has 1 aliphatic heterocycles. The van der Waals surface area contributed by atoms with Crippen molar-refractivity contribution in [1.82, 2.24) is 5.32 Å². The van der Waals surface area contributed by atoms with Crippen molar-refractivity contribution in [1.29, 1.82) is 0 Å². The Hall–Kier alpha value is -0.570. The first-order valence-electron chi connectivity index (χ1n) is 5.18. The summed E-state index contributed by atoms with van der Waals surface area (Å²) >= 11 is 0. The van der Waals surface area contributed by atoms with E-state index in [4.69, 9.17) is 4.74 Å².